The van der Waals surface area contributed by atoms with E-state index in [1.165, 1.54) is 16.6 Å². The minimum atomic E-state index is 0.557. The molecule has 1 aliphatic rings. The van der Waals surface area contributed by atoms with Crippen LogP contribution in [-0.4, -0.2) is 33.0 Å². The van der Waals surface area contributed by atoms with E-state index in [1.807, 2.05) is 12.3 Å². The predicted molar refractivity (Wildman–Crippen MR) is 91.7 cm³/mol. The fourth-order valence-electron chi connectivity index (χ4n) is 3.53. The SMILES string of the molecule is CCc1c[nH]c2ncnc(N3CCC(c4ccccn4)CC3)c12. The summed E-state index contributed by atoms with van der Waals surface area (Å²) in [5.74, 6) is 1.63. The third kappa shape index (κ3) is 2.56. The Kier molecular flexibility index (Phi) is 3.69. The van der Waals surface area contributed by atoms with Gasteiger partial charge in [-0.2, -0.15) is 0 Å². The number of anilines is 1. The highest BCUT2D eigenvalue weighted by Gasteiger charge is 2.24. The van der Waals surface area contributed by atoms with Crippen LogP contribution in [0.2, 0.25) is 0 Å². The number of aromatic amines is 1. The van der Waals surface area contributed by atoms with Crippen molar-refractivity contribution >= 4 is 16.9 Å². The molecule has 1 N–H and O–H groups in total. The molecule has 5 heteroatoms. The van der Waals surface area contributed by atoms with Gasteiger partial charge in [0.1, 0.15) is 17.8 Å². The maximum atomic E-state index is 4.59. The van der Waals surface area contributed by atoms with Gasteiger partial charge >= 0.3 is 0 Å². The van der Waals surface area contributed by atoms with Crippen LogP contribution in [0.3, 0.4) is 0 Å². The van der Waals surface area contributed by atoms with Crippen molar-refractivity contribution in [2.75, 3.05) is 18.0 Å². The number of nitrogens with one attached hydrogen (secondary N) is 1. The summed E-state index contributed by atoms with van der Waals surface area (Å²) in [4.78, 5) is 19.1. The van der Waals surface area contributed by atoms with Gasteiger partial charge in [-0.05, 0) is 37.0 Å². The molecule has 118 valence electrons. The van der Waals surface area contributed by atoms with Gasteiger partial charge in [-0.25, -0.2) is 9.97 Å². The number of pyridine rings is 1. The molecule has 4 rings (SSSR count). The van der Waals surface area contributed by atoms with Crippen LogP contribution in [0.1, 0.15) is 36.9 Å². The Balaban J connectivity index is 1.58. The summed E-state index contributed by atoms with van der Waals surface area (Å²) in [6.45, 7) is 4.20. The van der Waals surface area contributed by atoms with Crippen molar-refractivity contribution in [2.24, 2.45) is 0 Å². The second-order valence-corrected chi connectivity index (χ2v) is 6.10. The van der Waals surface area contributed by atoms with Crippen LogP contribution in [0, 0.1) is 0 Å². The number of nitrogens with zero attached hydrogens (tertiary/aromatic N) is 4. The topological polar surface area (TPSA) is 57.7 Å². The van der Waals surface area contributed by atoms with Crippen LogP contribution in [0.4, 0.5) is 5.82 Å². The average Bonchev–Trinajstić information content (AvgIpc) is 3.06. The van der Waals surface area contributed by atoms with Crippen molar-refractivity contribution in [3.05, 3.63) is 48.2 Å². The number of hydrogen-bond donors (Lipinski definition) is 1. The lowest BCUT2D eigenvalue weighted by molar-refractivity contribution is 0.494. The molecule has 1 aliphatic heterocycles. The van der Waals surface area contributed by atoms with E-state index in [2.05, 4.69) is 50.1 Å². The van der Waals surface area contributed by atoms with Gasteiger partial charge in [-0.1, -0.05) is 13.0 Å². The van der Waals surface area contributed by atoms with Crippen molar-refractivity contribution in [1.82, 2.24) is 19.9 Å². The quantitative estimate of drug-likeness (QED) is 0.806. The second-order valence-electron chi connectivity index (χ2n) is 6.10. The fraction of sp³-hybridized carbons (Fsp3) is 0.389. The molecule has 0 aliphatic carbocycles. The molecule has 0 unspecified atom stereocenters. The smallest absolute Gasteiger partial charge is 0.143 e. The molecule has 1 fully saturated rings. The minimum Gasteiger partial charge on any atom is -0.356 e. The highest BCUT2D eigenvalue weighted by atomic mass is 15.2. The van der Waals surface area contributed by atoms with Crippen LogP contribution < -0.4 is 4.90 Å². The second kappa shape index (κ2) is 5.99. The van der Waals surface area contributed by atoms with Gasteiger partial charge in [0.25, 0.3) is 0 Å². The highest BCUT2D eigenvalue weighted by molar-refractivity contribution is 5.90. The average molecular weight is 307 g/mol. The van der Waals surface area contributed by atoms with E-state index >= 15 is 0 Å². The summed E-state index contributed by atoms with van der Waals surface area (Å²) in [6, 6.07) is 6.20. The lowest BCUT2D eigenvalue weighted by Gasteiger charge is -2.33. The summed E-state index contributed by atoms with van der Waals surface area (Å²) in [6.07, 6.45) is 8.85. The van der Waals surface area contributed by atoms with Crippen LogP contribution in [0.25, 0.3) is 11.0 Å². The van der Waals surface area contributed by atoms with Crippen LogP contribution in [0.15, 0.2) is 36.9 Å². The van der Waals surface area contributed by atoms with Crippen LogP contribution in [0.5, 0.6) is 0 Å². The molecule has 1 saturated heterocycles. The molecular formula is C18H21N5. The largest absolute Gasteiger partial charge is 0.356 e. The Hall–Kier alpha value is -2.43. The Labute approximate surface area is 135 Å². The zero-order chi connectivity index (χ0) is 15.6. The Morgan fingerprint density at radius 1 is 1.17 bits per heavy atom. The molecule has 4 heterocycles. The number of aromatic nitrogens is 4. The summed E-state index contributed by atoms with van der Waals surface area (Å²) >= 11 is 0. The van der Waals surface area contributed by atoms with Crippen molar-refractivity contribution in [1.29, 1.82) is 0 Å². The van der Waals surface area contributed by atoms with Gasteiger partial charge in [-0.3, -0.25) is 4.98 Å². The molecule has 0 aromatic carbocycles. The van der Waals surface area contributed by atoms with E-state index in [0.717, 1.165) is 43.8 Å². The molecule has 5 nitrogen and oxygen atoms in total. The number of hydrogen-bond acceptors (Lipinski definition) is 4. The molecule has 0 atom stereocenters. The molecule has 0 radical (unpaired) electrons. The zero-order valence-electron chi connectivity index (χ0n) is 13.4. The van der Waals surface area contributed by atoms with E-state index in [-0.39, 0.29) is 0 Å². The Morgan fingerprint density at radius 2 is 2.04 bits per heavy atom. The maximum absolute atomic E-state index is 4.59. The van der Waals surface area contributed by atoms with Crippen molar-refractivity contribution in [2.45, 2.75) is 32.1 Å². The molecule has 0 amide bonds. The van der Waals surface area contributed by atoms with Gasteiger partial charge in [0.2, 0.25) is 0 Å². The van der Waals surface area contributed by atoms with Gasteiger partial charge in [0.05, 0.1) is 5.39 Å². The first-order valence-electron chi connectivity index (χ1n) is 8.33. The maximum Gasteiger partial charge on any atom is 0.143 e. The normalized spacial score (nSPS) is 16.1. The number of fused-ring (bicyclic) bond motifs is 1. The number of piperidine rings is 1. The summed E-state index contributed by atoms with van der Waals surface area (Å²) in [7, 11) is 0. The standard InChI is InChI=1S/C18H21N5/c1-2-13-11-20-17-16(13)18(22-12-21-17)23-9-6-14(7-10-23)15-5-3-4-8-19-15/h3-5,8,11-12,14H,2,6-7,9-10H2,1H3,(H,20,21,22). The summed E-state index contributed by atoms with van der Waals surface area (Å²) < 4.78 is 0. The van der Waals surface area contributed by atoms with Crippen molar-refractivity contribution < 1.29 is 0 Å². The van der Waals surface area contributed by atoms with E-state index in [0.29, 0.717) is 5.92 Å². The van der Waals surface area contributed by atoms with E-state index in [9.17, 15) is 0 Å². The van der Waals surface area contributed by atoms with E-state index in [1.54, 1.807) is 6.33 Å². The lowest BCUT2D eigenvalue weighted by atomic mass is 9.93. The first-order chi connectivity index (χ1) is 11.4. The molecule has 23 heavy (non-hydrogen) atoms. The van der Waals surface area contributed by atoms with Crippen LogP contribution >= 0.6 is 0 Å². The van der Waals surface area contributed by atoms with E-state index in [4.69, 9.17) is 0 Å². The van der Waals surface area contributed by atoms with Gasteiger partial charge in [0.15, 0.2) is 0 Å². The molecule has 3 aromatic rings. The number of H-pyrrole nitrogens is 1. The molecule has 0 spiro atoms. The highest BCUT2D eigenvalue weighted by Crippen LogP contribution is 2.32. The Morgan fingerprint density at radius 3 is 2.78 bits per heavy atom. The summed E-state index contributed by atoms with van der Waals surface area (Å²) in [5, 5.41) is 1.19. The minimum absolute atomic E-state index is 0.557. The fourth-order valence-corrected chi connectivity index (χ4v) is 3.53. The summed E-state index contributed by atoms with van der Waals surface area (Å²) in [5.41, 5.74) is 3.46. The third-order valence-electron chi connectivity index (χ3n) is 4.81. The molecule has 3 aromatic heterocycles. The molecule has 0 saturated carbocycles. The van der Waals surface area contributed by atoms with Gasteiger partial charge in [-0.15, -0.1) is 0 Å². The van der Waals surface area contributed by atoms with Crippen molar-refractivity contribution in [3.63, 3.8) is 0 Å². The van der Waals surface area contributed by atoms with Crippen molar-refractivity contribution in [3.8, 4) is 0 Å². The first kappa shape index (κ1) is 14.2. The number of aryl methyl sites for hydroxylation is 1. The third-order valence-corrected chi connectivity index (χ3v) is 4.81. The predicted octanol–water partition coefficient (Wildman–Crippen LogP) is 3.30. The van der Waals surface area contributed by atoms with E-state index < -0.39 is 0 Å². The zero-order valence-corrected chi connectivity index (χ0v) is 13.4. The van der Waals surface area contributed by atoms with Gasteiger partial charge in [0, 0.05) is 37.1 Å². The van der Waals surface area contributed by atoms with Gasteiger partial charge < -0.3 is 9.88 Å². The lowest BCUT2D eigenvalue weighted by Crippen LogP contribution is -2.34. The Bertz CT molecular complexity index is 788. The monoisotopic (exact) mass is 307 g/mol. The van der Waals surface area contributed by atoms with Crippen LogP contribution in [-0.2, 0) is 6.42 Å². The molecular weight excluding hydrogens is 286 g/mol. The number of rotatable bonds is 3. The molecule has 0 bridgehead atoms. The first-order valence-corrected chi connectivity index (χ1v) is 8.33.